The molecule has 1 aliphatic rings. The first-order valence-corrected chi connectivity index (χ1v) is 3.75. The van der Waals surface area contributed by atoms with Gasteiger partial charge in [-0.25, -0.2) is 9.90 Å². The number of carbonyl (C=O) groups is 1. The second-order valence-electron chi connectivity index (χ2n) is 2.58. The number of carbonyl (C=O) groups excluding carboxylic acids is 1. The number of nitrogens with one attached hydrogen (secondary N) is 1. The number of benzene rings is 1. The SMILES string of the molecule is O=C([O-])[O+]1C=Cc2ccccc2N1. The summed E-state index contributed by atoms with van der Waals surface area (Å²) in [5.41, 5.74) is 4.26. The molecule has 4 heteroatoms. The molecule has 0 atom stereocenters. The first-order chi connectivity index (χ1) is 6.27. The number of hydrogen-bond acceptors (Lipinski definition) is 3. The Hall–Kier alpha value is -1.97. The molecule has 1 aromatic rings. The minimum atomic E-state index is -1.36. The second-order valence-corrected chi connectivity index (χ2v) is 2.58. The molecule has 0 saturated carbocycles. The van der Waals surface area contributed by atoms with Crippen molar-refractivity contribution in [3.8, 4) is 0 Å². The van der Waals surface area contributed by atoms with Crippen LogP contribution in [-0.4, -0.2) is 6.16 Å². The molecule has 0 aliphatic carbocycles. The Bertz CT molecular complexity index is 373. The number of hydrogen-bond donors (Lipinski definition) is 1. The van der Waals surface area contributed by atoms with Crippen molar-refractivity contribution in [3.63, 3.8) is 0 Å². The van der Waals surface area contributed by atoms with E-state index in [0.717, 1.165) is 11.3 Å². The third-order valence-electron chi connectivity index (χ3n) is 1.74. The molecule has 4 nitrogen and oxygen atoms in total. The molecule has 13 heavy (non-hydrogen) atoms. The van der Waals surface area contributed by atoms with Gasteiger partial charge in [-0.2, -0.15) is 0 Å². The number of anilines is 1. The molecule has 0 unspecified atom stereocenters. The summed E-state index contributed by atoms with van der Waals surface area (Å²) in [5, 5.41) is 10.4. The second kappa shape index (κ2) is 2.82. The van der Waals surface area contributed by atoms with E-state index in [1.54, 1.807) is 16.6 Å². The number of fused-ring (bicyclic) bond motifs is 1. The Morgan fingerprint density at radius 1 is 1.38 bits per heavy atom. The third-order valence-corrected chi connectivity index (χ3v) is 1.74. The van der Waals surface area contributed by atoms with Crippen molar-refractivity contribution in [3.05, 3.63) is 36.1 Å². The molecule has 1 aliphatic heterocycles. The number of rotatable bonds is 0. The van der Waals surface area contributed by atoms with Crippen LogP contribution in [0, 0.1) is 0 Å². The summed E-state index contributed by atoms with van der Waals surface area (Å²) in [6.45, 7) is 0. The Morgan fingerprint density at radius 2 is 2.15 bits per heavy atom. The maximum absolute atomic E-state index is 10.4. The normalized spacial score (nSPS) is 13.4. The smallest absolute Gasteiger partial charge is 0.450 e. The van der Waals surface area contributed by atoms with Crippen LogP contribution in [0.15, 0.2) is 30.5 Å². The molecule has 0 amide bonds. The van der Waals surface area contributed by atoms with E-state index in [-0.39, 0.29) is 0 Å². The van der Waals surface area contributed by atoms with Gasteiger partial charge in [0.1, 0.15) is 0 Å². The van der Waals surface area contributed by atoms with Gasteiger partial charge in [0.2, 0.25) is 0 Å². The molecule has 0 bridgehead atoms. The van der Waals surface area contributed by atoms with Gasteiger partial charge < -0.3 is 4.47 Å². The maximum atomic E-state index is 10.4. The van der Waals surface area contributed by atoms with Gasteiger partial charge in [-0.3, -0.25) is 5.48 Å². The predicted octanol–water partition coefficient (Wildman–Crippen LogP) is 0.893. The summed E-state index contributed by atoms with van der Waals surface area (Å²) < 4.78 is 1.71. The molecule has 66 valence electrons. The first-order valence-electron chi connectivity index (χ1n) is 3.75. The zero-order valence-electron chi connectivity index (χ0n) is 6.69. The van der Waals surface area contributed by atoms with Crippen LogP contribution >= 0.6 is 0 Å². The molecule has 0 spiro atoms. The van der Waals surface area contributed by atoms with Crippen LogP contribution in [0.25, 0.3) is 6.08 Å². The first kappa shape index (κ1) is 7.67. The Labute approximate surface area is 74.7 Å². The lowest BCUT2D eigenvalue weighted by Gasteiger charge is -2.26. The summed E-state index contributed by atoms with van der Waals surface area (Å²) in [7, 11) is 0. The van der Waals surface area contributed by atoms with Crippen LogP contribution in [0.3, 0.4) is 0 Å². The summed E-state index contributed by atoms with van der Waals surface area (Å²) in [6, 6.07) is 7.36. The zero-order chi connectivity index (χ0) is 9.26. The van der Waals surface area contributed by atoms with Crippen molar-refractivity contribution in [2.45, 2.75) is 0 Å². The van der Waals surface area contributed by atoms with E-state index in [4.69, 9.17) is 0 Å². The lowest BCUT2D eigenvalue weighted by Crippen LogP contribution is -2.35. The molecular formula is C9H7NO3. The highest BCUT2D eigenvalue weighted by atomic mass is 16.9. The van der Waals surface area contributed by atoms with Crippen LogP contribution in [0.5, 0.6) is 0 Å². The van der Waals surface area contributed by atoms with Crippen LogP contribution in [-0.2, 0) is 4.47 Å². The van der Waals surface area contributed by atoms with E-state index >= 15 is 0 Å². The van der Waals surface area contributed by atoms with Gasteiger partial charge in [0.25, 0.3) is 0 Å². The van der Waals surface area contributed by atoms with Gasteiger partial charge in [0.05, 0.1) is 11.9 Å². The Kier molecular flexibility index (Phi) is 1.66. The van der Waals surface area contributed by atoms with Crippen LogP contribution < -0.4 is 10.6 Å². The van der Waals surface area contributed by atoms with Gasteiger partial charge in [-0.15, -0.1) is 0 Å². The Morgan fingerprint density at radius 3 is 2.92 bits per heavy atom. The standard InChI is InChI=1S/C9H7NO3/c11-9(12)13-6-5-7-3-1-2-4-8(7)10-13/h1-6,10H. The molecule has 1 N–H and O–H groups in total. The third kappa shape index (κ3) is 1.33. The van der Waals surface area contributed by atoms with E-state index in [1.807, 2.05) is 18.2 Å². The molecule has 0 radical (unpaired) electrons. The molecule has 1 heterocycles. The van der Waals surface area contributed by atoms with Crippen LogP contribution in [0.4, 0.5) is 10.5 Å². The van der Waals surface area contributed by atoms with E-state index in [2.05, 4.69) is 5.48 Å². The van der Waals surface area contributed by atoms with Gasteiger partial charge in [0, 0.05) is 5.56 Å². The van der Waals surface area contributed by atoms with Crippen molar-refractivity contribution < 1.29 is 14.4 Å². The lowest BCUT2D eigenvalue weighted by molar-refractivity contribution is -0.301. The highest BCUT2D eigenvalue weighted by Gasteiger charge is 2.12. The molecule has 0 aromatic heterocycles. The fourth-order valence-electron chi connectivity index (χ4n) is 1.13. The molecule has 2 rings (SSSR count). The minimum absolute atomic E-state index is 0.721. The van der Waals surface area contributed by atoms with Crippen molar-refractivity contribution >= 4 is 17.9 Å². The monoisotopic (exact) mass is 177 g/mol. The number of carboxylic acid groups (broad SMARTS) is 1. The largest absolute Gasteiger partial charge is 0.543 e. The van der Waals surface area contributed by atoms with Crippen molar-refractivity contribution in [1.29, 1.82) is 0 Å². The fourth-order valence-corrected chi connectivity index (χ4v) is 1.13. The predicted molar refractivity (Wildman–Crippen MR) is 45.6 cm³/mol. The summed E-state index contributed by atoms with van der Waals surface area (Å²) >= 11 is 0. The summed E-state index contributed by atoms with van der Waals surface area (Å²) in [6.07, 6.45) is 1.65. The van der Waals surface area contributed by atoms with Crippen LogP contribution in [0.2, 0.25) is 0 Å². The Balaban J connectivity index is 2.34. The molecular weight excluding hydrogens is 170 g/mol. The van der Waals surface area contributed by atoms with Gasteiger partial charge in [0.15, 0.2) is 0 Å². The maximum Gasteiger partial charge on any atom is 0.543 e. The average molecular weight is 177 g/mol. The fraction of sp³-hybridized carbons (Fsp3) is 0. The average Bonchev–Trinajstić information content (AvgIpc) is 2.17. The molecule has 0 fully saturated rings. The zero-order valence-corrected chi connectivity index (χ0v) is 6.69. The van der Waals surface area contributed by atoms with Crippen molar-refractivity contribution in [1.82, 2.24) is 0 Å². The highest BCUT2D eigenvalue weighted by molar-refractivity contribution is 5.72. The summed E-state index contributed by atoms with van der Waals surface area (Å²) in [5.74, 6) is 0. The van der Waals surface area contributed by atoms with Crippen LogP contribution in [0.1, 0.15) is 5.56 Å². The minimum Gasteiger partial charge on any atom is -0.450 e. The van der Waals surface area contributed by atoms with E-state index in [9.17, 15) is 9.90 Å². The van der Waals surface area contributed by atoms with Crippen molar-refractivity contribution in [2.24, 2.45) is 0 Å². The lowest BCUT2D eigenvalue weighted by atomic mass is 10.2. The van der Waals surface area contributed by atoms with E-state index in [0.29, 0.717) is 0 Å². The van der Waals surface area contributed by atoms with Gasteiger partial charge >= 0.3 is 6.16 Å². The topological polar surface area (TPSA) is 54.9 Å². The summed E-state index contributed by atoms with van der Waals surface area (Å²) in [4.78, 5) is 10.4. The highest BCUT2D eigenvalue weighted by Crippen LogP contribution is 2.23. The van der Waals surface area contributed by atoms with Gasteiger partial charge in [-0.1, -0.05) is 18.2 Å². The quantitative estimate of drug-likeness (QED) is 0.473. The van der Waals surface area contributed by atoms with Gasteiger partial charge in [-0.05, 0) is 12.1 Å². The number of para-hydroxylation sites is 1. The van der Waals surface area contributed by atoms with Crippen molar-refractivity contribution in [2.75, 3.05) is 5.48 Å². The van der Waals surface area contributed by atoms with E-state index < -0.39 is 6.16 Å². The van der Waals surface area contributed by atoms with E-state index in [1.165, 1.54) is 6.26 Å². The molecule has 0 saturated heterocycles. The molecule has 1 aromatic carbocycles.